The fourth-order valence-corrected chi connectivity index (χ4v) is 2.77. The summed E-state index contributed by atoms with van der Waals surface area (Å²) in [5.74, 6) is 0.776. The molecule has 0 fully saturated rings. The van der Waals surface area contributed by atoms with E-state index in [9.17, 15) is 9.59 Å². The monoisotopic (exact) mass is 443 g/mol. The second kappa shape index (κ2) is 10.2. The summed E-state index contributed by atoms with van der Waals surface area (Å²) in [6.07, 6.45) is -1.64. The molecule has 0 aliphatic rings. The maximum absolute atomic E-state index is 12.7. The molecule has 0 bridgehead atoms. The lowest BCUT2D eigenvalue weighted by Gasteiger charge is -2.28. The van der Waals surface area contributed by atoms with Gasteiger partial charge in [0.25, 0.3) is 0 Å². The first-order valence-corrected chi connectivity index (χ1v) is 10.6. The van der Waals surface area contributed by atoms with E-state index in [0.29, 0.717) is 21.4 Å². The summed E-state index contributed by atoms with van der Waals surface area (Å²) in [6, 6.07) is 5.14. The van der Waals surface area contributed by atoms with Gasteiger partial charge in [-0.2, -0.15) is 0 Å². The van der Waals surface area contributed by atoms with E-state index in [1.807, 2.05) is 6.92 Å². The molecule has 7 nitrogen and oxygen atoms in total. The Kier molecular flexibility index (Phi) is 8.84. The predicted octanol–water partition coefficient (Wildman–Crippen LogP) is 5.71. The molecule has 0 aliphatic carbocycles. The molecule has 1 aromatic rings. The van der Waals surface area contributed by atoms with Crippen molar-refractivity contribution in [2.24, 2.45) is 10.7 Å². The number of benzene rings is 1. The molecule has 0 saturated heterocycles. The first-order chi connectivity index (χ1) is 13.2. The number of thioether (sulfide) groups is 1. The highest BCUT2D eigenvalue weighted by Crippen LogP contribution is 2.30. The molecular weight excluding hydrogens is 414 g/mol. The van der Waals surface area contributed by atoms with Gasteiger partial charge in [0.1, 0.15) is 11.2 Å². The number of carbonyl (C=O) groups excluding carboxylic acids is 2. The van der Waals surface area contributed by atoms with Gasteiger partial charge in [-0.1, -0.05) is 42.4 Å². The lowest BCUT2D eigenvalue weighted by molar-refractivity contribution is -0.000237. The standard InChI is InChI=1S/C20H30ClN3O4S/c1-8-29-16(22)23-14-11-9-10-13(15(14)21)12-24(17(25)27-19(2,3)4)18(26)28-20(5,6)7/h9-11H,8,12H2,1-7H3,(H2,22,23). The van der Waals surface area contributed by atoms with E-state index < -0.39 is 23.4 Å². The molecule has 0 unspecified atom stereocenters. The lowest BCUT2D eigenvalue weighted by Crippen LogP contribution is -2.43. The van der Waals surface area contributed by atoms with Crippen molar-refractivity contribution in [2.45, 2.75) is 66.2 Å². The van der Waals surface area contributed by atoms with Crippen LogP contribution in [0.15, 0.2) is 23.2 Å². The number of halogens is 1. The lowest BCUT2D eigenvalue weighted by atomic mass is 10.2. The van der Waals surface area contributed by atoms with Crippen molar-refractivity contribution in [2.75, 3.05) is 5.75 Å². The first kappa shape index (κ1) is 25.1. The zero-order chi connectivity index (χ0) is 22.4. The number of nitrogens with zero attached hydrogens (tertiary/aromatic N) is 2. The van der Waals surface area contributed by atoms with Crippen LogP contribution in [0.3, 0.4) is 0 Å². The van der Waals surface area contributed by atoms with E-state index in [2.05, 4.69) is 4.99 Å². The van der Waals surface area contributed by atoms with E-state index in [-0.39, 0.29) is 6.54 Å². The number of amides is 2. The second-order valence-electron chi connectivity index (χ2n) is 8.18. The molecule has 0 aromatic heterocycles. The molecular formula is C20H30ClN3O4S. The van der Waals surface area contributed by atoms with Gasteiger partial charge >= 0.3 is 12.2 Å². The maximum Gasteiger partial charge on any atom is 0.420 e. The number of carbonyl (C=O) groups is 2. The van der Waals surface area contributed by atoms with Crippen molar-refractivity contribution in [3.05, 3.63) is 28.8 Å². The molecule has 9 heteroatoms. The fraction of sp³-hybridized carbons (Fsp3) is 0.550. The Bertz CT molecular complexity index is 742. The van der Waals surface area contributed by atoms with Crippen LogP contribution < -0.4 is 5.73 Å². The van der Waals surface area contributed by atoms with Crippen molar-refractivity contribution in [1.29, 1.82) is 0 Å². The molecule has 1 aromatic carbocycles. The molecule has 0 heterocycles. The van der Waals surface area contributed by atoms with Crippen LogP contribution >= 0.6 is 23.4 Å². The Morgan fingerprint density at radius 3 is 2.07 bits per heavy atom. The van der Waals surface area contributed by atoms with Crippen LogP contribution in [-0.4, -0.2) is 39.2 Å². The highest BCUT2D eigenvalue weighted by atomic mass is 35.5. The summed E-state index contributed by atoms with van der Waals surface area (Å²) in [7, 11) is 0. The average Bonchev–Trinajstić information content (AvgIpc) is 2.52. The number of ether oxygens (including phenoxy) is 2. The molecule has 0 spiro atoms. The van der Waals surface area contributed by atoms with Crippen LogP contribution in [0.25, 0.3) is 0 Å². The Balaban J connectivity index is 3.23. The summed E-state index contributed by atoms with van der Waals surface area (Å²) in [4.78, 5) is 30.5. The van der Waals surface area contributed by atoms with Crippen molar-refractivity contribution in [3.63, 3.8) is 0 Å². The second-order valence-corrected chi connectivity index (χ2v) is 9.84. The van der Waals surface area contributed by atoms with E-state index >= 15 is 0 Å². The number of aliphatic imine (C=N–C) groups is 1. The summed E-state index contributed by atoms with van der Waals surface area (Å²) >= 11 is 7.86. The summed E-state index contributed by atoms with van der Waals surface area (Å²) in [5, 5.41) is 0.673. The summed E-state index contributed by atoms with van der Waals surface area (Å²) in [6.45, 7) is 12.1. The van der Waals surface area contributed by atoms with Crippen molar-refractivity contribution in [1.82, 2.24) is 4.90 Å². The van der Waals surface area contributed by atoms with Crippen molar-refractivity contribution >= 4 is 46.4 Å². The summed E-state index contributed by atoms with van der Waals surface area (Å²) in [5.41, 5.74) is 5.28. The fourth-order valence-electron chi connectivity index (χ4n) is 2.08. The molecule has 0 radical (unpaired) electrons. The molecule has 162 valence electrons. The highest BCUT2D eigenvalue weighted by molar-refractivity contribution is 8.13. The van der Waals surface area contributed by atoms with Gasteiger partial charge in [0.05, 0.1) is 17.3 Å². The molecule has 0 aliphatic heterocycles. The van der Waals surface area contributed by atoms with Gasteiger partial charge in [0.2, 0.25) is 0 Å². The Hall–Kier alpha value is -1.93. The number of amidine groups is 1. The average molecular weight is 444 g/mol. The van der Waals surface area contributed by atoms with Crippen molar-refractivity contribution in [3.8, 4) is 0 Å². The Morgan fingerprint density at radius 2 is 1.62 bits per heavy atom. The van der Waals surface area contributed by atoms with Crippen LogP contribution in [0, 0.1) is 0 Å². The van der Waals surface area contributed by atoms with Gasteiger partial charge in [-0.3, -0.25) is 0 Å². The minimum absolute atomic E-state index is 0.132. The van der Waals surface area contributed by atoms with Crippen LogP contribution in [0.1, 0.15) is 54.0 Å². The van der Waals surface area contributed by atoms with E-state index in [4.69, 9.17) is 26.8 Å². The molecule has 29 heavy (non-hydrogen) atoms. The highest BCUT2D eigenvalue weighted by Gasteiger charge is 2.31. The largest absolute Gasteiger partial charge is 0.443 e. The normalized spacial score (nSPS) is 12.5. The van der Waals surface area contributed by atoms with Gasteiger partial charge in [-0.05, 0) is 58.9 Å². The van der Waals surface area contributed by atoms with Gasteiger partial charge in [-0.15, -0.1) is 0 Å². The van der Waals surface area contributed by atoms with Crippen molar-refractivity contribution < 1.29 is 19.1 Å². The molecule has 2 N–H and O–H groups in total. The number of imide groups is 1. The Labute approximate surface area is 182 Å². The third kappa shape index (κ3) is 8.95. The van der Waals surface area contributed by atoms with E-state index in [1.54, 1.807) is 59.7 Å². The van der Waals surface area contributed by atoms with Crippen LogP contribution in [0.2, 0.25) is 5.02 Å². The molecule has 0 atom stereocenters. The van der Waals surface area contributed by atoms with Gasteiger partial charge in [-0.25, -0.2) is 19.5 Å². The van der Waals surface area contributed by atoms with Crippen LogP contribution in [0.4, 0.5) is 15.3 Å². The number of hydrogen-bond donors (Lipinski definition) is 1. The smallest absolute Gasteiger partial charge is 0.420 e. The SMILES string of the molecule is CCSC(N)=Nc1cccc(CN(C(=O)OC(C)(C)C)C(=O)OC(C)(C)C)c1Cl. The van der Waals surface area contributed by atoms with Crippen LogP contribution in [-0.2, 0) is 16.0 Å². The molecule has 1 rings (SSSR count). The molecule has 2 amide bonds. The van der Waals surface area contributed by atoms with Gasteiger partial charge < -0.3 is 15.2 Å². The van der Waals surface area contributed by atoms with E-state index in [0.717, 1.165) is 10.7 Å². The number of nitrogens with two attached hydrogens (primary N) is 1. The first-order valence-electron chi connectivity index (χ1n) is 9.21. The quantitative estimate of drug-likeness (QED) is 0.473. The predicted molar refractivity (Wildman–Crippen MR) is 119 cm³/mol. The molecule has 0 saturated carbocycles. The zero-order valence-electron chi connectivity index (χ0n) is 18.0. The third-order valence-corrected chi connectivity index (χ3v) is 4.25. The number of hydrogen-bond acceptors (Lipinski definition) is 6. The minimum Gasteiger partial charge on any atom is -0.443 e. The van der Waals surface area contributed by atoms with Gasteiger partial charge in [0.15, 0.2) is 5.17 Å². The van der Waals surface area contributed by atoms with Gasteiger partial charge in [0, 0.05) is 0 Å². The summed E-state index contributed by atoms with van der Waals surface area (Å²) < 4.78 is 10.7. The topological polar surface area (TPSA) is 94.2 Å². The third-order valence-electron chi connectivity index (χ3n) is 3.14. The Morgan fingerprint density at radius 1 is 1.10 bits per heavy atom. The number of rotatable bonds is 4. The van der Waals surface area contributed by atoms with E-state index in [1.165, 1.54) is 11.8 Å². The zero-order valence-corrected chi connectivity index (χ0v) is 19.6. The van der Waals surface area contributed by atoms with Crippen LogP contribution in [0.5, 0.6) is 0 Å². The minimum atomic E-state index is -0.822. The maximum atomic E-state index is 12.7.